The fraction of sp³-hybridized carbons (Fsp3) is 0.800. The number of amides is 1. The first-order valence-corrected chi connectivity index (χ1v) is 6.04. The van der Waals surface area contributed by atoms with Crippen LogP contribution in [-0.2, 0) is 4.79 Å². The molecule has 1 heterocycles. The second-order valence-electron chi connectivity index (χ2n) is 4.37. The van der Waals surface area contributed by atoms with Crippen LogP contribution in [0.5, 0.6) is 0 Å². The predicted octanol–water partition coefficient (Wildman–Crippen LogP) is 0.663. The largest absolute Gasteiger partial charge is 0.405 e. The molecule has 0 aromatic rings. The third kappa shape index (κ3) is 5.63. The fourth-order valence-corrected chi connectivity index (χ4v) is 2.08. The molecule has 8 heteroatoms. The Labute approximate surface area is 109 Å². The van der Waals surface area contributed by atoms with Gasteiger partial charge in [-0.1, -0.05) is 12.2 Å². The SMILES string of the molecule is NC(=S)C1CCCN(CC(=O)NCC(F)(F)F)C1. The monoisotopic (exact) mass is 283 g/mol. The van der Waals surface area contributed by atoms with Crippen molar-refractivity contribution in [3.05, 3.63) is 0 Å². The molecule has 0 aromatic heterocycles. The third-order valence-corrected chi connectivity index (χ3v) is 3.09. The van der Waals surface area contributed by atoms with E-state index in [0.29, 0.717) is 18.1 Å². The molecule has 0 saturated carbocycles. The minimum absolute atomic E-state index is 0.0455. The first-order chi connectivity index (χ1) is 8.28. The van der Waals surface area contributed by atoms with Crippen molar-refractivity contribution in [2.45, 2.75) is 19.0 Å². The molecule has 104 valence electrons. The van der Waals surface area contributed by atoms with Crippen molar-refractivity contribution in [3.63, 3.8) is 0 Å². The number of alkyl halides is 3. The van der Waals surface area contributed by atoms with Gasteiger partial charge in [-0.3, -0.25) is 9.69 Å². The zero-order chi connectivity index (χ0) is 13.8. The molecule has 0 spiro atoms. The van der Waals surface area contributed by atoms with E-state index in [1.807, 2.05) is 5.32 Å². The van der Waals surface area contributed by atoms with Crippen molar-refractivity contribution < 1.29 is 18.0 Å². The molecule has 1 fully saturated rings. The maximum Gasteiger partial charge on any atom is 0.405 e. The van der Waals surface area contributed by atoms with Crippen molar-refractivity contribution in [3.8, 4) is 0 Å². The minimum atomic E-state index is -4.38. The van der Waals surface area contributed by atoms with Crippen LogP contribution in [0.3, 0.4) is 0 Å². The highest BCUT2D eigenvalue weighted by molar-refractivity contribution is 7.80. The molecule has 1 aliphatic heterocycles. The number of nitrogens with zero attached hydrogens (tertiary/aromatic N) is 1. The zero-order valence-electron chi connectivity index (χ0n) is 9.79. The molecule has 18 heavy (non-hydrogen) atoms. The summed E-state index contributed by atoms with van der Waals surface area (Å²) >= 11 is 4.88. The van der Waals surface area contributed by atoms with Crippen LogP contribution in [0.4, 0.5) is 13.2 Å². The van der Waals surface area contributed by atoms with E-state index in [0.717, 1.165) is 12.8 Å². The summed E-state index contributed by atoms with van der Waals surface area (Å²) in [7, 11) is 0. The van der Waals surface area contributed by atoms with E-state index in [-0.39, 0.29) is 12.5 Å². The Morgan fingerprint density at radius 3 is 2.72 bits per heavy atom. The van der Waals surface area contributed by atoms with Gasteiger partial charge in [-0.2, -0.15) is 13.2 Å². The van der Waals surface area contributed by atoms with Gasteiger partial charge in [-0.15, -0.1) is 0 Å². The van der Waals surface area contributed by atoms with E-state index in [9.17, 15) is 18.0 Å². The molecular weight excluding hydrogens is 267 g/mol. The molecule has 1 aliphatic rings. The first-order valence-electron chi connectivity index (χ1n) is 5.63. The number of hydrogen-bond donors (Lipinski definition) is 2. The van der Waals surface area contributed by atoms with Gasteiger partial charge in [0.05, 0.1) is 11.5 Å². The maximum atomic E-state index is 11.9. The summed E-state index contributed by atoms with van der Waals surface area (Å²) in [5, 5.41) is 1.84. The van der Waals surface area contributed by atoms with Crippen molar-refractivity contribution >= 4 is 23.1 Å². The second kappa shape index (κ2) is 6.33. The highest BCUT2D eigenvalue weighted by atomic mass is 32.1. The Morgan fingerprint density at radius 1 is 1.50 bits per heavy atom. The lowest BCUT2D eigenvalue weighted by atomic mass is 9.98. The predicted molar refractivity (Wildman–Crippen MR) is 65.0 cm³/mol. The topological polar surface area (TPSA) is 58.4 Å². The van der Waals surface area contributed by atoms with E-state index in [2.05, 4.69) is 0 Å². The summed E-state index contributed by atoms with van der Waals surface area (Å²) in [6.07, 6.45) is -2.66. The Balaban J connectivity index is 2.33. The van der Waals surface area contributed by atoms with Gasteiger partial charge < -0.3 is 11.1 Å². The highest BCUT2D eigenvalue weighted by Gasteiger charge is 2.28. The molecule has 4 nitrogen and oxygen atoms in total. The number of rotatable bonds is 4. The van der Waals surface area contributed by atoms with Gasteiger partial charge in [0.15, 0.2) is 0 Å². The number of halogens is 3. The smallest absolute Gasteiger partial charge is 0.393 e. The minimum Gasteiger partial charge on any atom is -0.393 e. The molecule has 1 unspecified atom stereocenters. The van der Waals surface area contributed by atoms with Crippen LogP contribution in [0.2, 0.25) is 0 Å². The van der Waals surface area contributed by atoms with Gasteiger partial charge in [-0.25, -0.2) is 0 Å². The summed E-state index contributed by atoms with van der Waals surface area (Å²) < 4.78 is 35.7. The van der Waals surface area contributed by atoms with Gasteiger partial charge in [0.25, 0.3) is 0 Å². The molecule has 1 saturated heterocycles. The molecule has 0 radical (unpaired) electrons. The maximum absolute atomic E-state index is 11.9. The van der Waals surface area contributed by atoms with Crippen LogP contribution in [0.15, 0.2) is 0 Å². The van der Waals surface area contributed by atoms with Crippen LogP contribution < -0.4 is 11.1 Å². The van der Waals surface area contributed by atoms with Crippen molar-refractivity contribution in [1.29, 1.82) is 0 Å². The zero-order valence-corrected chi connectivity index (χ0v) is 10.6. The third-order valence-electron chi connectivity index (χ3n) is 2.76. The number of carbonyl (C=O) groups excluding carboxylic acids is 1. The number of nitrogens with two attached hydrogens (primary N) is 1. The van der Waals surface area contributed by atoms with Crippen molar-refractivity contribution in [1.82, 2.24) is 10.2 Å². The highest BCUT2D eigenvalue weighted by Crippen LogP contribution is 2.16. The van der Waals surface area contributed by atoms with Gasteiger partial charge in [0, 0.05) is 12.5 Å². The van der Waals surface area contributed by atoms with Gasteiger partial charge >= 0.3 is 6.18 Å². The van der Waals surface area contributed by atoms with Crippen LogP contribution in [0, 0.1) is 5.92 Å². The summed E-state index contributed by atoms with van der Waals surface area (Å²) in [4.78, 5) is 13.5. The number of carbonyl (C=O) groups is 1. The van der Waals surface area contributed by atoms with Gasteiger partial charge in [0.1, 0.15) is 6.54 Å². The molecule has 0 bridgehead atoms. The summed E-state index contributed by atoms with van der Waals surface area (Å²) in [5.41, 5.74) is 5.53. The van der Waals surface area contributed by atoms with Crippen molar-refractivity contribution in [2.75, 3.05) is 26.2 Å². The molecular formula is C10H16F3N3OS. The number of piperidine rings is 1. The van der Waals surface area contributed by atoms with E-state index >= 15 is 0 Å². The molecule has 1 atom stereocenters. The number of nitrogens with one attached hydrogen (secondary N) is 1. The lowest BCUT2D eigenvalue weighted by molar-refractivity contribution is -0.139. The molecule has 1 amide bonds. The molecule has 1 rings (SSSR count). The van der Waals surface area contributed by atoms with Crippen LogP contribution in [-0.4, -0.2) is 48.2 Å². The van der Waals surface area contributed by atoms with E-state index in [1.54, 1.807) is 4.90 Å². The Morgan fingerprint density at radius 2 is 2.17 bits per heavy atom. The normalized spacial score (nSPS) is 21.6. The molecule has 3 N–H and O–H groups in total. The molecule has 0 aromatic carbocycles. The van der Waals surface area contributed by atoms with E-state index in [4.69, 9.17) is 18.0 Å². The lowest BCUT2D eigenvalue weighted by Crippen LogP contribution is -2.46. The first kappa shape index (κ1) is 15.2. The average Bonchev–Trinajstić information content (AvgIpc) is 2.26. The quantitative estimate of drug-likeness (QED) is 0.744. The number of likely N-dealkylation sites (tertiary alicyclic amines) is 1. The summed E-state index contributed by atoms with van der Waals surface area (Å²) in [6.45, 7) is -0.124. The second-order valence-corrected chi connectivity index (χ2v) is 4.84. The number of hydrogen-bond acceptors (Lipinski definition) is 3. The van der Waals surface area contributed by atoms with Crippen LogP contribution in [0.1, 0.15) is 12.8 Å². The summed E-state index contributed by atoms with van der Waals surface area (Å²) in [6, 6.07) is 0. The Hall–Kier alpha value is -0.890. The van der Waals surface area contributed by atoms with Crippen LogP contribution >= 0.6 is 12.2 Å². The van der Waals surface area contributed by atoms with Gasteiger partial charge in [-0.05, 0) is 19.4 Å². The van der Waals surface area contributed by atoms with Crippen LogP contribution in [0.25, 0.3) is 0 Å². The van der Waals surface area contributed by atoms with Crippen molar-refractivity contribution in [2.24, 2.45) is 11.7 Å². The lowest BCUT2D eigenvalue weighted by Gasteiger charge is -2.31. The van der Waals surface area contributed by atoms with E-state index < -0.39 is 18.6 Å². The fourth-order valence-electron chi connectivity index (χ4n) is 1.89. The molecule has 0 aliphatic carbocycles. The average molecular weight is 283 g/mol. The Bertz CT molecular complexity index is 322. The van der Waals surface area contributed by atoms with E-state index in [1.165, 1.54) is 0 Å². The van der Waals surface area contributed by atoms with Gasteiger partial charge in [0.2, 0.25) is 5.91 Å². The Kier molecular flexibility index (Phi) is 5.33. The summed E-state index contributed by atoms with van der Waals surface area (Å²) in [5.74, 6) is -0.583. The standard InChI is InChI=1S/C10H16F3N3OS/c11-10(12,13)6-15-8(17)5-16-3-1-2-7(4-16)9(14)18/h7H,1-6H2,(H2,14,18)(H,15,17). The number of thiocarbonyl (C=S) groups is 1.